The van der Waals surface area contributed by atoms with E-state index in [1.807, 2.05) is 37.4 Å². The molecule has 0 amide bonds. The summed E-state index contributed by atoms with van der Waals surface area (Å²) < 4.78 is 7.31. The molecule has 0 aliphatic heterocycles. The van der Waals surface area contributed by atoms with Crippen LogP contribution in [-0.4, -0.2) is 21.6 Å². The zero-order chi connectivity index (χ0) is 12.1. The molecule has 0 atom stereocenters. The number of ether oxygens (including phenoxy) is 1. The molecule has 0 aliphatic carbocycles. The Morgan fingerprint density at radius 2 is 2.06 bits per heavy atom. The van der Waals surface area contributed by atoms with Crippen LogP contribution >= 0.6 is 11.6 Å². The molecule has 0 spiro atoms. The van der Waals surface area contributed by atoms with Crippen molar-refractivity contribution in [1.82, 2.24) is 15.0 Å². The van der Waals surface area contributed by atoms with Gasteiger partial charge >= 0.3 is 0 Å². The van der Waals surface area contributed by atoms with Crippen molar-refractivity contribution in [3.05, 3.63) is 41.7 Å². The van der Waals surface area contributed by atoms with Gasteiger partial charge in [0, 0.05) is 6.20 Å². The van der Waals surface area contributed by atoms with Gasteiger partial charge in [0.15, 0.2) is 0 Å². The molecule has 1 aromatic carbocycles. The van der Waals surface area contributed by atoms with Crippen LogP contribution in [-0.2, 0) is 12.4 Å². The highest BCUT2D eigenvalue weighted by Crippen LogP contribution is 2.11. The molecule has 0 aliphatic rings. The Morgan fingerprint density at radius 3 is 2.71 bits per heavy atom. The third-order valence-corrected chi connectivity index (χ3v) is 2.61. The normalized spacial score (nSPS) is 10.5. The molecule has 0 N–H and O–H groups in total. The van der Waals surface area contributed by atoms with E-state index >= 15 is 0 Å². The average molecular weight is 252 g/mol. The van der Waals surface area contributed by atoms with Gasteiger partial charge in [-0.25, -0.2) is 4.68 Å². The van der Waals surface area contributed by atoms with Crippen LogP contribution < -0.4 is 4.74 Å². The van der Waals surface area contributed by atoms with Gasteiger partial charge in [0.2, 0.25) is 0 Å². The predicted molar refractivity (Wildman–Crippen MR) is 66.3 cm³/mol. The number of aryl methyl sites for hydroxylation is 1. The van der Waals surface area contributed by atoms with Crippen molar-refractivity contribution in [2.24, 2.45) is 0 Å². The smallest absolute Gasteiger partial charge is 0.119 e. The minimum absolute atomic E-state index is 0.388. The lowest BCUT2D eigenvalue weighted by Crippen LogP contribution is -2.08. The summed E-state index contributed by atoms with van der Waals surface area (Å²) >= 11 is 5.64. The van der Waals surface area contributed by atoms with Crippen LogP contribution in [0.25, 0.3) is 0 Å². The van der Waals surface area contributed by atoms with Gasteiger partial charge in [-0.3, -0.25) is 0 Å². The highest BCUT2D eigenvalue weighted by molar-refractivity contribution is 6.16. The second-order valence-corrected chi connectivity index (χ2v) is 4.04. The van der Waals surface area contributed by atoms with Gasteiger partial charge in [0.1, 0.15) is 12.4 Å². The third kappa shape index (κ3) is 3.46. The number of benzene rings is 1. The molecule has 0 unspecified atom stereocenters. The zero-order valence-corrected chi connectivity index (χ0v) is 10.4. The molecule has 0 fully saturated rings. The van der Waals surface area contributed by atoms with E-state index in [9.17, 15) is 0 Å². The van der Waals surface area contributed by atoms with E-state index in [1.54, 1.807) is 4.68 Å². The summed E-state index contributed by atoms with van der Waals surface area (Å²) in [6.45, 7) is 3.28. The molecule has 0 saturated heterocycles. The van der Waals surface area contributed by atoms with Crippen LogP contribution in [0.5, 0.6) is 5.75 Å². The number of nitrogens with zero attached hydrogens (tertiary/aromatic N) is 3. The van der Waals surface area contributed by atoms with Gasteiger partial charge in [-0.1, -0.05) is 22.9 Å². The number of hydrogen-bond acceptors (Lipinski definition) is 3. The second-order valence-electron chi connectivity index (χ2n) is 3.77. The first-order valence-corrected chi connectivity index (χ1v) is 5.96. The van der Waals surface area contributed by atoms with Crippen LogP contribution in [0.2, 0.25) is 0 Å². The van der Waals surface area contributed by atoms with Gasteiger partial charge in [0.25, 0.3) is 0 Å². The summed E-state index contributed by atoms with van der Waals surface area (Å²) in [6, 6.07) is 7.97. The molecule has 17 heavy (non-hydrogen) atoms. The first kappa shape index (κ1) is 11.9. The van der Waals surface area contributed by atoms with Crippen molar-refractivity contribution >= 4 is 11.6 Å². The molecular formula is C12H14ClN3O. The summed E-state index contributed by atoms with van der Waals surface area (Å²) in [6.07, 6.45) is 1.82. The summed E-state index contributed by atoms with van der Waals surface area (Å²) in [5, 5.41) is 7.83. The van der Waals surface area contributed by atoms with E-state index in [0.29, 0.717) is 19.0 Å². The SMILES string of the molecule is Cc1ccc(OCCn2cc(CCl)nn2)cc1. The summed E-state index contributed by atoms with van der Waals surface area (Å²) in [4.78, 5) is 0. The fraction of sp³-hybridized carbons (Fsp3) is 0.333. The summed E-state index contributed by atoms with van der Waals surface area (Å²) in [5.74, 6) is 1.26. The topological polar surface area (TPSA) is 39.9 Å². The highest BCUT2D eigenvalue weighted by atomic mass is 35.5. The largest absolute Gasteiger partial charge is 0.492 e. The first-order chi connectivity index (χ1) is 8.28. The maximum atomic E-state index is 5.64. The van der Waals surface area contributed by atoms with E-state index < -0.39 is 0 Å². The number of rotatable bonds is 5. The zero-order valence-electron chi connectivity index (χ0n) is 9.64. The minimum Gasteiger partial charge on any atom is -0.492 e. The molecule has 0 radical (unpaired) electrons. The minimum atomic E-state index is 0.388. The monoisotopic (exact) mass is 251 g/mol. The maximum Gasteiger partial charge on any atom is 0.119 e. The second kappa shape index (κ2) is 5.68. The van der Waals surface area contributed by atoms with Crippen LogP contribution in [0.4, 0.5) is 0 Å². The molecule has 0 saturated carbocycles. The predicted octanol–water partition coefficient (Wildman–Crippen LogP) is 2.40. The van der Waals surface area contributed by atoms with Crippen LogP contribution in [0.1, 0.15) is 11.3 Å². The van der Waals surface area contributed by atoms with E-state index in [0.717, 1.165) is 11.4 Å². The van der Waals surface area contributed by atoms with Gasteiger partial charge < -0.3 is 4.74 Å². The van der Waals surface area contributed by atoms with Gasteiger partial charge in [0.05, 0.1) is 18.1 Å². The quantitative estimate of drug-likeness (QED) is 0.766. The Morgan fingerprint density at radius 1 is 1.29 bits per heavy atom. The fourth-order valence-corrected chi connectivity index (χ4v) is 1.52. The Balaban J connectivity index is 1.81. The summed E-state index contributed by atoms with van der Waals surface area (Å²) in [5.41, 5.74) is 2.00. The Labute approximate surface area is 105 Å². The van der Waals surface area contributed by atoms with Crippen LogP contribution in [0.15, 0.2) is 30.5 Å². The Hall–Kier alpha value is -1.55. The van der Waals surface area contributed by atoms with E-state index in [-0.39, 0.29) is 0 Å². The molecule has 2 aromatic rings. The van der Waals surface area contributed by atoms with E-state index in [1.165, 1.54) is 5.56 Å². The fourth-order valence-electron chi connectivity index (χ4n) is 1.40. The van der Waals surface area contributed by atoms with Crippen molar-refractivity contribution in [1.29, 1.82) is 0 Å². The highest BCUT2D eigenvalue weighted by Gasteiger charge is 1.99. The third-order valence-electron chi connectivity index (χ3n) is 2.33. The van der Waals surface area contributed by atoms with E-state index in [4.69, 9.17) is 16.3 Å². The molecular weight excluding hydrogens is 238 g/mol. The molecule has 90 valence electrons. The number of halogens is 1. The lowest BCUT2D eigenvalue weighted by atomic mass is 10.2. The molecule has 0 bridgehead atoms. The molecule has 1 heterocycles. The maximum absolute atomic E-state index is 5.64. The molecule has 2 rings (SSSR count). The molecule has 1 aromatic heterocycles. The van der Waals surface area contributed by atoms with Crippen molar-refractivity contribution in [3.63, 3.8) is 0 Å². The first-order valence-electron chi connectivity index (χ1n) is 5.42. The average Bonchev–Trinajstić information content (AvgIpc) is 2.80. The lowest BCUT2D eigenvalue weighted by molar-refractivity contribution is 0.289. The van der Waals surface area contributed by atoms with Crippen molar-refractivity contribution in [2.45, 2.75) is 19.3 Å². The van der Waals surface area contributed by atoms with Gasteiger partial charge in [-0.15, -0.1) is 16.7 Å². The number of alkyl halides is 1. The molecule has 4 nitrogen and oxygen atoms in total. The van der Waals surface area contributed by atoms with Crippen molar-refractivity contribution in [3.8, 4) is 5.75 Å². The Bertz CT molecular complexity index is 467. The van der Waals surface area contributed by atoms with E-state index in [2.05, 4.69) is 10.3 Å². The summed E-state index contributed by atoms with van der Waals surface area (Å²) in [7, 11) is 0. The number of hydrogen-bond donors (Lipinski definition) is 0. The van der Waals surface area contributed by atoms with Crippen molar-refractivity contribution < 1.29 is 4.74 Å². The molecule has 5 heteroatoms. The van der Waals surface area contributed by atoms with Gasteiger partial charge in [-0.2, -0.15) is 0 Å². The van der Waals surface area contributed by atoms with Gasteiger partial charge in [-0.05, 0) is 19.1 Å². The van der Waals surface area contributed by atoms with Crippen LogP contribution in [0, 0.1) is 6.92 Å². The van der Waals surface area contributed by atoms with Crippen molar-refractivity contribution in [2.75, 3.05) is 6.61 Å². The standard InChI is InChI=1S/C12H14ClN3O/c1-10-2-4-12(5-3-10)17-7-6-16-9-11(8-13)14-15-16/h2-5,9H,6-8H2,1H3. The number of aromatic nitrogens is 3. The lowest BCUT2D eigenvalue weighted by Gasteiger charge is -2.05. The van der Waals surface area contributed by atoms with Crippen LogP contribution in [0.3, 0.4) is 0 Å². The Kier molecular flexibility index (Phi) is 3.98.